The largest absolute Gasteiger partial charge is 0.496 e. The van der Waals surface area contributed by atoms with E-state index in [0.717, 1.165) is 50.2 Å². The minimum atomic E-state index is -0.679. The number of rotatable bonds is 8. The molecule has 2 heterocycles. The predicted octanol–water partition coefficient (Wildman–Crippen LogP) is 4.44. The third-order valence-electron chi connectivity index (χ3n) is 8.39. The lowest BCUT2D eigenvalue weighted by Gasteiger charge is -2.52. The van der Waals surface area contributed by atoms with Gasteiger partial charge in [-0.05, 0) is 55.7 Å². The first-order chi connectivity index (χ1) is 16.5. The first-order valence-corrected chi connectivity index (χ1v) is 13.4. The van der Waals surface area contributed by atoms with Crippen LogP contribution in [0.15, 0.2) is 18.2 Å². The van der Waals surface area contributed by atoms with Crippen molar-refractivity contribution in [2.24, 2.45) is 5.92 Å². The number of hydrogen-bond acceptors (Lipinski definition) is 4. The molecular weight excluding hydrogens is 426 g/mol. The number of nitrogens with zero attached hydrogens (tertiary/aromatic N) is 2. The van der Waals surface area contributed by atoms with E-state index in [2.05, 4.69) is 36.2 Å². The minimum absolute atomic E-state index is 0.0870. The topological polar surface area (TPSA) is 61.9 Å². The number of benzene rings is 1. The van der Waals surface area contributed by atoms with Crippen LogP contribution in [0.4, 0.5) is 0 Å². The number of hydrogen-bond donors (Lipinski definition) is 1. The van der Waals surface area contributed by atoms with Gasteiger partial charge >= 0.3 is 0 Å². The fourth-order valence-corrected chi connectivity index (χ4v) is 6.31. The molecule has 4 rings (SSSR count). The Morgan fingerprint density at radius 3 is 2.50 bits per heavy atom. The van der Waals surface area contributed by atoms with E-state index in [1.165, 1.54) is 37.7 Å². The molecule has 1 aromatic rings. The maximum Gasteiger partial charge on any atom is 0.246 e. The van der Waals surface area contributed by atoms with Crippen LogP contribution < -0.4 is 10.1 Å². The van der Waals surface area contributed by atoms with Crippen molar-refractivity contribution in [3.05, 3.63) is 29.3 Å². The summed E-state index contributed by atoms with van der Waals surface area (Å²) in [5, 5.41) is 3.20. The monoisotopic (exact) mass is 469 g/mol. The molecule has 0 bridgehead atoms. The smallest absolute Gasteiger partial charge is 0.246 e. The van der Waals surface area contributed by atoms with E-state index >= 15 is 0 Å². The van der Waals surface area contributed by atoms with Crippen LogP contribution in [-0.4, -0.2) is 59.9 Å². The van der Waals surface area contributed by atoms with Crippen LogP contribution in [0.2, 0.25) is 0 Å². The van der Waals surface area contributed by atoms with Gasteiger partial charge in [-0.1, -0.05) is 57.6 Å². The van der Waals surface area contributed by atoms with Crippen LogP contribution in [0.25, 0.3) is 0 Å². The number of piperidine rings is 1. The number of carbonyl (C=O) groups is 2. The average molecular weight is 470 g/mol. The van der Waals surface area contributed by atoms with Crippen LogP contribution in [0, 0.1) is 12.8 Å². The summed E-state index contributed by atoms with van der Waals surface area (Å²) in [5.74, 6) is 1.73. The SMILES string of the molecule is CCCCN1C(=O)[C@H](CC2CCCCC2)NC(=O)C12CCN(Cc1ccc(OC)c(C)c1)CC2. The second-order valence-electron chi connectivity index (χ2n) is 10.7. The van der Waals surface area contributed by atoms with Crippen molar-refractivity contribution < 1.29 is 14.3 Å². The van der Waals surface area contributed by atoms with Gasteiger partial charge in [0, 0.05) is 26.2 Å². The lowest BCUT2D eigenvalue weighted by molar-refractivity contribution is -0.162. The molecule has 2 amide bonds. The summed E-state index contributed by atoms with van der Waals surface area (Å²) in [7, 11) is 1.70. The number of piperazine rings is 1. The molecule has 34 heavy (non-hydrogen) atoms. The standard InChI is InChI=1S/C28H43N3O3/c1-4-5-15-31-26(32)24(19-22-9-7-6-8-10-22)29-27(33)28(31)13-16-30(17-14-28)20-23-11-12-25(34-3)21(2)18-23/h11-12,18,22,24H,4-10,13-17,19-20H2,1-3H3,(H,29,33)/t24-/m0/s1. The molecule has 3 aliphatic rings. The Morgan fingerprint density at radius 1 is 1.12 bits per heavy atom. The summed E-state index contributed by atoms with van der Waals surface area (Å²) in [6.07, 6.45) is 10.4. The molecule has 2 aliphatic heterocycles. The number of amides is 2. The lowest BCUT2D eigenvalue weighted by atomic mass is 9.79. The van der Waals surface area contributed by atoms with Gasteiger partial charge in [0.05, 0.1) is 7.11 Å². The van der Waals surface area contributed by atoms with E-state index in [0.29, 0.717) is 25.3 Å². The summed E-state index contributed by atoms with van der Waals surface area (Å²) in [6, 6.07) is 6.00. The van der Waals surface area contributed by atoms with Crippen molar-refractivity contribution in [2.45, 2.75) is 96.2 Å². The first kappa shape index (κ1) is 25.0. The highest BCUT2D eigenvalue weighted by Crippen LogP contribution is 2.36. The molecule has 188 valence electrons. The first-order valence-electron chi connectivity index (χ1n) is 13.4. The molecule has 1 saturated carbocycles. The number of methoxy groups -OCH3 is 1. The van der Waals surface area contributed by atoms with Gasteiger partial charge in [0.25, 0.3) is 0 Å². The average Bonchev–Trinajstić information content (AvgIpc) is 2.84. The van der Waals surface area contributed by atoms with Gasteiger partial charge in [0.1, 0.15) is 17.3 Å². The van der Waals surface area contributed by atoms with Gasteiger partial charge < -0.3 is 15.0 Å². The van der Waals surface area contributed by atoms with Crippen molar-refractivity contribution in [1.29, 1.82) is 0 Å². The summed E-state index contributed by atoms with van der Waals surface area (Å²) in [5.41, 5.74) is 1.72. The molecule has 1 spiro atoms. The van der Waals surface area contributed by atoms with Crippen molar-refractivity contribution in [2.75, 3.05) is 26.7 Å². The van der Waals surface area contributed by atoms with Crippen LogP contribution in [0.3, 0.4) is 0 Å². The van der Waals surface area contributed by atoms with Crippen LogP contribution in [0.1, 0.15) is 82.3 Å². The van der Waals surface area contributed by atoms with Gasteiger partial charge in [-0.15, -0.1) is 0 Å². The number of carbonyl (C=O) groups excluding carboxylic acids is 2. The highest BCUT2D eigenvalue weighted by molar-refractivity contribution is 6.00. The number of unbranched alkanes of at least 4 members (excludes halogenated alkanes) is 1. The highest BCUT2D eigenvalue weighted by Gasteiger charge is 2.53. The molecule has 0 radical (unpaired) electrons. The van der Waals surface area contributed by atoms with E-state index in [4.69, 9.17) is 4.74 Å². The van der Waals surface area contributed by atoms with Gasteiger partial charge in [-0.3, -0.25) is 14.5 Å². The number of nitrogens with one attached hydrogen (secondary N) is 1. The fraction of sp³-hybridized carbons (Fsp3) is 0.714. The molecular formula is C28H43N3O3. The van der Waals surface area contributed by atoms with E-state index in [-0.39, 0.29) is 17.9 Å². The predicted molar refractivity (Wildman–Crippen MR) is 135 cm³/mol. The molecule has 0 unspecified atom stereocenters. The molecule has 6 nitrogen and oxygen atoms in total. The normalized spacial score (nSPS) is 23.9. The zero-order valence-corrected chi connectivity index (χ0v) is 21.4. The Balaban J connectivity index is 1.43. The summed E-state index contributed by atoms with van der Waals surface area (Å²) in [6.45, 7) is 7.42. The maximum atomic E-state index is 13.7. The third kappa shape index (κ3) is 5.27. The van der Waals surface area contributed by atoms with Crippen LogP contribution >= 0.6 is 0 Å². The van der Waals surface area contributed by atoms with E-state index in [1.54, 1.807) is 7.11 Å². The Bertz CT molecular complexity index is 856. The fourth-order valence-electron chi connectivity index (χ4n) is 6.31. The maximum absolute atomic E-state index is 13.7. The zero-order valence-electron chi connectivity index (χ0n) is 21.4. The minimum Gasteiger partial charge on any atom is -0.496 e. The lowest BCUT2D eigenvalue weighted by Crippen LogP contribution is -2.73. The Hall–Kier alpha value is -2.08. The number of ether oxygens (including phenoxy) is 1. The Kier molecular flexibility index (Phi) is 8.18. The summed E-state index contributed by atoms with van der Waals surface area (Å²) >= 11 is 0. The number of likely N-dealkylation sites (tertiary alicyclic amines) is 1. The zero-order chi connectivity index (χ0) is 24.1. The molecule has 1 N–H and O–H groups in total. The highest BCUT2D eigenvalue weighted by atomic mass is 16.5. The second-order valence-corrected chi connectivity index (χ2v) is 10.7. The van der Waals surface area contributed by atoms with E-state index in [1.807, 2.05) is 11.0 Å². The summed E-state index contributed by atoms with van der Waals surface area (Å²) in [4.78, 5) is 31.7. The second kappa shape index (κ2) is 11.1. The Labute approximate surface area is 205 Å². The van der Waals surface area contributed by atoms with E-state index in [9.17, 15) is 9.59 Å². The molecule has 3 fully saturated rings. The molecule has 1 aliphatic carbocycles. The molecule has 1 aromatic carbocycles. The molecule has 6 heteroatoms. The molecule has 2 saturated heterocycles. The Morgan fingerprint density at radius 2 is 1.85 bits per heavy atom. The van der Waals surface area contributed by atoms with Gasteiger partial charge in [0.15, 0.2) is 0 Å². The summed E-state index contributed by atoms with van der Waals surface area (Å²) < 4.78 is 5.39. The van der Waals surface area contributed by atoms with Gasteiger partial charge in [-0.25, -0.2) is 0 Å². The van der Waals surface area contributed by atoms with E-state index < -0.39 is 5.54 Å². The van der Waals surface area contributed by atoms with Crippen LogP contribution in [0.5, 0.6) is 5.75 Å². The van der Waals surface area contributed by atoms with Crippen molar-refractivity contribution in [3.8, 4) is 5.75 Å². The van der Waals surface area contributed by atoms with Gasteiger partial charge in [-0.2, -0.15) is 0 Å². The molecule has 1 atom stereocenters. The van der Waals surface area contributed by atoms with Crippen LogP contribution in [-0.2, 0) is 16.1 Å². The van der Waals surface area contributed by atoms with Gasteiger partial charge in [0.2, 0.25) is 11.8 Å². The number of aryl methyl sites for hydroxylation is 1. The quantitative estimate of drug-likeness (QED) is 0.612. The van der Waals surface area contributed by atoms with Crippen molar-refractivity contribution >= 4 is 11.8 Å². The van der Waals surface area contributed by atoms with Crippen molar-refractivity contribution in [3.63, 3.8) is 0 Å². The van der Waals surface area contributed by atoms with Crippen molar-refractivity contribution in [1.82, 2.24) is 15.1 Å². The molecule has 0 aromatic heterocycles. The third-order valence-corrected chi connectivity index (χ3v) is 8.39.